The van der Waals surface area contributed by atoms with Crippen molar-refractivity contribution in [1.29, 1.82) is 0 Å². The summed E-state index contributed by atoms with van der Waals surface area (Å²) in [5, 5.41) is 11.5. The number of fused-ring (bicyclic) bond motifs is 1. The maximum Gasteiger partial charge on any atom is 0.323 e. The second-order valence-electron chi connectivity index (χ2n) is 7.75. The van der Waals surface area contributed by atoms with Crippen LogP contribution >= 0.6 is 22.9 Å². The Kier molecular flexibility index (Phi) is 7.39. The minimum Gasteiger partial charge on any atom is -0.369 e. The molecular weight excluding hydrogens is 456 g/mol. The molecule has 0 fully saturated rings. The van der Waals surface area contributed by atoms with Crippen molar-refractivity contribution in [2.45, 2.75) is 6.42 Å². The normalized spacial score (nSPS) is 11.0. The van der Waals surface area contributed by atoms with E-state index in [0.717, 1.165) is 41.1 Å². The van der Waals surface area contributed by atoms with Gasteiger partial charge in [0.2, 0.25) is 0 Å². The largest absolute Gasteiger partial charge is 0.369 e. The lowest BCUT2D eigenvalue weighted by Crippen LogP contribution is -2.19. The van der Waals surface area contributed by atoms with E-state index in [-0.39, 0.29) is 6.03 Å². The van der Waals surface area contributed by atoms with E-state index in [4.69, 9.17) is 21.6 Å². The number of aromatic nitrogens is 2. The van der Waals surface area contributed by atoms with Crippen molar-refractivity contribution in [3.63, 3.8) is 0 Å². The first kappa shape index (κ1) is 23.0. The summed E-state index contributed by atoms with van der Waals surface area (Å²) in [4.78, 5) is 24.0. The van der Waals surface area contributed by atoms with Crippen molar-refractivity contribution in [2.75, 3.05) is 43.1 Å². The Labute approximate surface area is 201 Å². The molecule has 2 aromatic carbocycles. The fourth-order valence-corrected chi connectivity index (χ4v) is 4.24. The third-order valence-electron chi connectivity index (χ3n) is 4.90. The molecule has 0 radical (unpaired) electrons. The standard InChI is InChI=1S/C24H25ClN6OS/c1-31(2)14-5-13-26-23-21-20(12-15-33-21)28-22(30-23)16-8-10-17(11-9-16)27-24(32)29-19-7-4-3-6-18(19)25/h3-4,6-12,15H,5,13-14H2,1-2H3,(H,26,28,30)(H2,27,29,32). The number of rotatable bonds is 8. The van der Waals surface area contributed by atoms with Crippen LogP contribution in [0.1, 0.15) is 6.42 Å². The zero-order chi connectivity index (χ0) is 23.2. The predicted octanol–water partition coefficient (Wildman–Crippen LogP) is 6.02. The van der Waals surface area contributed by atoms with Gasteiger partial charge in [-0.15, -0.1) is 11.3 Å². The van der Waals surface area contributed by atoms with Crippen LogP contribution in [0.15, 0.2) is 60.0 Å². The zero-order valence-electron chi connectivity index (χ0n) is 18.4. The Morgan fingerprint density at radius 2 is 1.82 bits per heavy atom. The fraction of sp³-hybridized carbons (Fsp3) is 0.208. The number of nitrogens with zero attached hydrogens (tertiary/aromatic N) is 3. The van der Waals surface area contributed by atoms with Crippen LogP contribution in [0.4, 0.5) is 22.0 Å². The molecule has 0 aliphatic heterocycles. The van der Waals surface area contributed by atoms with Gasteiger partial charge in [0.05, 0.1) is 20.9 Å². The van der Waals surface area contributed by atoms with E-state index in [0.29, 0.717) is 22.2 Å². The van der Waals surface area contributed by atoms with Crippen LogP contribution in [0, 0.1) is 0 Å². The summed E-state index contributed by atoms with van der Waals surface area (Å²) in [7, 11) is 4.14. The predicted molar refractivity (Wildman–Crippen MR) is 139 cm³/mol. The summed E-state index contributed by atoms with van der Waals surface area (Å²) >= 11 is 7.73. The molecular formula is C24H25ClN6OS. The summed E-state index contributed by atoms with van der Waals surface area (Å²) in [6.07, 6.45) is 1.02. The van der Waals surface area contributed by atoms with Gasteiger partial charge in [-0.3, -0.25) is 0 Å². The molecule has 2 aromatic heterocycles. The molecule has 9 heteroatoms. The molecule has 0 spiro atoms. The molecule has 3 N–H and O–H groups in total. The van der Waals surface area contributed by atoms with Crippen molar-refractivity contribution in [3.05, 3.63) is 65.0 Å². The number of hydrogen-bond acceptors (Lipinski definition) is 6. The Morgan fingerprint density at radius 1 is 1.03 bits per heavy atom. The molecule has 0 aliphatic carbocycles. The Morgan fingerprint density at radius 3 is 2.58 bits per heavy atom. The highest BCUT2D eigenvalue weighted by atomic mass is 35.5. The number of anilines is 3. The third kappa shape index (κ3) is 5.98. The molecule has 0 atom stereocenters. The van der Waals surface area contributed by atoms with Crippen molar-refractivity contribution in [2.24, 2.45) is 0 Å². The van der Waals surface area contributed by atoms with Gasteiger partial charge in [-0.2, -0.15) is 0 Å². The molecule has 0 saturated carbocycles. The lowest BCUT2D eigenvalue weighted by atomic mass is 10.2. The van der Waals surface area contributed by atoms with Crippen LogP contribution in [0.5, 0.6) is 0 Å². The second-order valence-corrected chi connectivity index (χ2v) is 9.07. The lowest BCUT2D eigenvalue weighted by Gasteiger charge is -2.12. The molecule has 0 saturated heterocycles. The first-order chi connectivity index (χ1) is 16.0. The van der Waals surface area contributed by atoms with E-state index in [1.165, 1.54) is 0 Å². The van der Waals surface area contributed by atoms with E-state index in [9.17, 15) is 4.79 Å². The Bertz CT molecular complexity index is 1240. The number of hydrogen-bond donors (Lipinski definition) is 3. The van der Waals surface area contributed by atoms with Gasteiger partial charge in [-0.05, 0) is 74.9 Å². The number of nitrogens with one attached hydrogen (secondary N) is 3. The Hall–Kier alpha value is -3.20. The number of halogens is 1. The number of carbonyl (C=O) groups is 1. The maximum absolute atomic E-state index is 12.3. The number of thiophene rings is 1. The van der Waals surface area contributed by atoms with Crippen LogP contribution in [-0.4, -0.2) is 48.1 Å². The van der Waals surface area contributed by atoms with Gasteiger partial charge in [0, 0.05) is 17.8 Å². The minimum atomic E-state index is -0.365. The quantitative estimate of drug-likeness (QED) is 0.269. The molecule has 0 bridgehead atoms. The first-order valence-corrected chi connectivity index (χ1v) is 11.8. The summed E-state index contributed by atoms with van der Waals surface area (Å²) in [6.45, 7) is 1.85. The summed E-state index contributed by atoms with van der Waals surface area (Å²) < 4.78 is 1.05. The lowest BCUT2D eigenvalue weighted by molar-refractivity contribution is 0.262. The van der Waals surface area contributed by atoms with E-state index in [2.05, 4.69) is 34.9 Å². The molecule has 2 heterocycles. The number of para-hydroxylation sites is 1. The van der Waals surface area contributed by atoms with Crippen molar-refractivity contribution in [1.82, 2.24) is 14.9 Å². The van der Waals surface area contributed by atoms with Crippen LogP contribution < -0.4 is 16.0 Å². The number of carbonyl (C=O) groups excluding carboxylic acids is 1. The maximum atomic E-state index is 12.3. The molecule has 33 heavy (non-hydrogen) atoms. The van der Waals surface area contributed by atoms with E-state index < -0.39 is 0 Å². The number of benzene rings is 2. The smallest absolute Gasteiger partial charge is 0.323 e. The van der Waals surface area contributed by atoms with Crippen molar-refractivity contribution < 1.29 is 4.79 Å². The molecule has 170 valence electrons. The van der Waals surface area contributed by atoms with Gasteiger partial charge >= 0.3 is 6.03 Å². The van der Waals surface area contributed by atoms with Gasteiger partial charge in [0.15, 0.2) is 5.82 Å². The van der Waals surface area contributed by atoms with Crippen LogP contribution in [0.2, 0.25) is 5.02 Å². The highest BCUT2D eigenvalue weighted by Gasteiger charge is 2.11. The number of amides is 2. The summed E-state index contributed by atoms with van der Waals surface area (Å²) in [5.74, 6) is 1.49. The van der Waals surface area contributed by atoms with Gasteiger partial charge in [-0.25, -0.2) is 14.8 Å². The molecule has 0 aliphatic rings. The molecule has 2 amide bonds. The molecule has 4 aromatic rings. The summed E-state index contributed by atoms with van der Waals surface area (Å²) in [5.41, 5.74) is 3.00. The molecule has 0 unspecified atom stereocenters. The van der Waals surface area contributed by atoms with Crippen molar-refractivity contribution in [3.8, 4) is 11.4 Å². The van der Waals surface area contributed by atoms with Crippen LogP contribution in [0.3, 0.4) is 0 Å². The Balaban J connectivity index is 1.46. The first-order valence-electron chi connectivity index (χ1n) is 10.6. The van der Waals surface area contributed by atoms with Crippen LogP contribution in [0.25, 0.3) is 21.6 Å². The average Bonchev–Trinajstić information content (AvgIpc) is 3.27. The highest BCUT2D eigenvalue weighted by molar-refractivity contribution is 7.17. The average molecular weight is 481 g/mol. The molecule has 7 nitrogen and oxygen atoms in total. The van der Waals surface area contributed by atoms with E-state index in [1.54, 1.807) is 23.5 Å². The molecule has 4 rings (SSSR count). The number of urea groups is 1. The van der Waals surface area contributed by atoms with Gasteiger partial charge in [-0.1, -0.05) is 23.7 Å². The van der Waals surface area contributed by atoms with Gasteiger partial charge in [0.1, 0.15) is 5.82 Å². The van der Waals surface area contributed by atoms with E-state index in [1.807, 2.05) is 47.8 Å². The van der Waals surface area contributed by atoms with Crippen LogP contribution in [-0.2, 0) is 0 Å². The van der Waals surface area contributed by atoms with E-state index >= 15 is 0 Å². The highest BCUT2D eigenvalue weighted by Crippen LogP contribution is 2.29. The SMILES string of the molecule is CN(C)CCCNc1nc(-c2ccc(NC(=O)Nc3ccccc3Cl)cc2)nc2ccsc12. The topological polar surface area (TPSA) is 82.2 Å². The van der Waals surface area contributed by atoms with Gasteiger partial charge in [0.25, 0.3) is 0 Å². The zero-order valence-corrected chi connectivity index (χ0v) is 20.0. The summed E-state index contributed by atoms with van der Waals surface area (Å²) in [6, 6.07) is 16.2. The third-order valence-corrected chi connectivity index (χ3v) is 6.14. The fourth-order valence-electron chi connectivity index (χ4n) is 3.26. The van der Waals surface area contributed by atoms with Crippen molar-refractivity contribution >= 4 is 56.4 Å². The van der Waals surface area contributed by atoms with Gasteiger partial charge < -0.3 is 20.9 Å². The second kappa shape index (κ2) is 10.6. The monoisotopic (exact) mass is 480 g/mol. The minimum absolute atomic E-state index is 0.365.